The van der Waals surface area contributed by atoms with Crippen LogP contribution in [0.2, 0.25) is 0 Å². The highest BCUT2D eigenvalue weighted by molar-refractivity contribution is 5.80. The topological polar surface area (TPSA) is 86.3 Å². The predicted octanol–water partition coefficient (Wildman–Crippen LogP) is 0.751. The molecule has 2 aromatic rings. The highest BCUT2D eigenvalue weighted by Gasteiger charge is 2.12. The second kappa shape index (κ2) is 6.20. The number of aromatic amines is 1. The van der Waals surface area contributed by atoms with E-state index in [-0.39, 0.29) is 25.2 Å². The van der Waals surface area contributed by atoms with E-state index < -0.39 is 5.97 Å². The van der Waals surface area contributed by atoms with Gasteiger partial charge in [0.2, 0.25) is 0 Å². The fourth-order valence-electron chi connectivity index (χ4n) is 2.13. The van der Waals surface area contributed by atoms with Gasteiger partial charge in [0.25, 0.3) is 5.56 Å². The van der Waals surface area contributed by atoms with Crippen molar-refractivity contribution in [3.8, 4) is 12.3 Å². The van der Waals surface area contributed by atoms with Crippen LogP contribution in [0.15, 0.2) is 23.0 Å². The summed E-state index contributed by atoms with van der Waals surface area (Å²) in [6.45, 7) is 2.01. The van der Waals surface area contributed by atoms with Gasteiger partial charge in [-0.15, -0.1) is 6.42 Å². The first-order chi connectivity index (χ1) is 10.0. The van der Waals surface area contributed by atoms with E-state index in [1.54, 1.807) is 12.1 Å². The number of para-hydroxylation sites is 1. The van der Waals surface area contributed by atoms with Crippen LogP contribution in [-0.4, -0.2) is 39.0 Å². The number of hydrogen-bond donors (Lipinski definition) is 2. The molecule has 1 heterocycles. The van der Waals surface area contributed by atoms with Gasteiger partial charge in [-0.1, -0.05) is 18.1 Å². The number of terminal acetylenes is 1. The number of carboxylic acid groups (broad SMARTS) is 1. The minimum absolute atomic E-state index is 0.168. The number of hydrogen-bond acceptors (Lipinski definition) is 4. The van der Waals surface area contributed by atoms with Gasteiger partial charge >= 0.3 is 5.97 Å². The zero-order valence-corrected chi connectivity index (χ0v) is 11.6. The lowest BCUT2D eigenvalue weighted by Crippen LogP contribution is -2.31. The molecule has 1 aromatic carbocycles. The van der Waals surface area contributed by atoms with Crippen molar-refractivity contribution >= 4 is 16.9 Å². The number of fused-ring (bicyclic) bond motifs is 1. The molecule has 0 atom stereocenters. The molecular weight excluding hydrogens is 270 g/mol. The van der Waals surface area contributed by atoms with Gasteiger partial charge in [0.15, 0.2) is 0 Å². The van der Waals surface area contributed by atoms with Crippen molar-refractivity contribution in [2.75, 3.05) is 13.1 Å². The summed E-state index contributed by atoms with van der Waals surface area (Å²) in [7, 11) is 0. The third-order valence-corrected chi connectivity index (χ3v) is 3.03. The number of H-pyrrole nitrogens is 1. The summed E-state index contributed by atoms with van der Waals surface area (Å²) in [4.78, 5) is 31.4. The van der Waals surface area contributed by atoms with E-state index in [2.05, 4.69) is 15.9 Å². The second-order valence-corrected chi connectivity index (χ2v) is 4.73. The molecule has 2 rings (SSSR count). The Labute approximate surface area is 121 Å². The molecule has 0 bridgehead atoms. The van der Waals surface area contributed by atoms with Crippen LogP contribution in [0.5, 0.6) is 0 Å². The first-order valence-electron chi connectivity index (χ1n) is 6.37. The molecule has 0 saturated carbocycles. The van der Waals surface area contributed by atoms with E-state index >= 15 is 0 Å². The van der Waals surface area contributed by atoms with Crippen LogP contribution >= 0.6 is 0 Å². The van der Waals surface area contributed by atoms with Gasteiger partial charge in [-0.3, -0.25) is 14.5 Å². The average Bonchev–Trinajstić information content (AvgIpc) is 2.39. The third kappa shape index (κ3) is 3.46. The maximum absolute atomic E-state index is 12.0. The van der Waals surface area contributed by atoms with Crippen LogP contribution in [0.25, 0.3) is 10.9 Å². The van der Waals surface area contributed by atoms with Crippen LogP contribution in [0.1, 0.15) is 11.4 Å². The molecule has 0 aliphatic heterocycles. The molecule has 108 valence electrons. The van der Waals surface area contributed by atoms with Gasteiger partial charge in [-0.25, -0.2) is 4.98 Å². The summed E-state index contributed by atoms with van der Waals surface area (Å²) in [6, 6.07) is 5.37. The van der Waals surface area contributed by atoms with E-state index in [0.29, 0.717) is 16.7 Å². The lowest BCUT2D eigenvalue weighted by molar-refractivity contribution is -0.138. The van der Waals surface area contributed by atoms with E-state index in [0.717, 1.165) is 5.56 Å². The van der Waals surface area contributed by atoms with Gasteiger partial charge < -0.3 is 10.1 Å². The molecule has 2 N–H and O–H groups in total. The number of aryl methyl sites for hydroxylation is 1. The lowest BCUT2D eigenvalue weighted by Gasteiger charge is -2.16. The Bertz CT molecular complexity index is 774. The summed E-state index contributed by atoms with van der Waals surface area (Å²) < 4.78 is 0. The Hall–Kier alpha value is -2.65. The first-order valence-corrected chi connectivity index (χ1v) is 6.37. The summed E-state index contributed by atoms with van der Waals surface area (Å²) >= 11 is 0. The Morgan fingerprint density at radius 3 is 2.95 bits per heavy atom. The summed E-state index contributed by atoms with van der Waals surface area (Å²) in [6.07, 6.45) is 5.23. The zero-order chi connectivity index (χ0) is 15.4. The van der Waals surface area contributed by atoms with Gasteiger partial charge in [-0.2, -0.15) is 0 Å². The number of aliphatic carboxylic acids is 1. The lowest BCUT2D eigenvalue weighted by atomic mass is 10.1. The second-order valence-electron chi connectivity index (χ2n) is 4.73. The maximum Gasteiger partial charge on any atom is 0.317 e. The molecule has 0 saturated heterocycles. The fraction of sp³-hybridized carbons (Fsp3) is 0.267. The van der Waals surface area contributed by atoms with Crippen LogP contribution in [0.4, 0.5) is 0 Å². The Morgan fingerprint density at radius 1 is 1.52 bits per heavy atom. The quantitative estimate of drug-likeness (QED) is 0.792. The maximum atomic E-state index is 12.0. The van der Waals surface area contributed by atoms with Crippen LogP contribution in [-0.2, 0) is 11.3 Å². The minimum Gasteiger partial charge on any atom is -0.480 e. The molecule has 0 aliphatic carbocycles. The molecule has 0 fully saturated rings. The number of benzene rings is 1. The average molecular weight is 285 g/mol. The van der Waals surface area contributed by atoms with Crippen molar-refractivity contribution in [2.24, 2.45) is 0 Å². The first kappa shape index (κ1) is 14.8. The van der Waals surface area contributed by atoms with Gasteiger partial charge in [0.05, 0.1) is 30.5 Å². The number of carboxylic acids is 1. The standard InChI is InChI=1S/C15H15N3O3/c1-3-7-18(9-13(19)20)8-12-16-14-10(2)5-4-6-11(14)15(21)17-12/h1,4-6H,7-9H2,2H3,(H,19,20)(H,16,17,21). The van der Waals surface area contributed by atoms with E-state index in [1.807, 2.05) is 13.0 Å². The number of aromatic nitrogens is 2. The Kier molecular flexibility index (Phi) is 4.36. The highest BCUT2D eigenvalue weighted by Crippen LogP contribution is 2.12. The highest BCUT2D eigenvalue weighted by atomic mass is 16.4. The Balaban J connectivity index is 2.38. The van der Waals surface area contributed by atoms with Crippen molar-refractivity contribution in [1.29, 1.82) is 0 Å². The van der Waals surface area contributed by atoms with E-state index in [9.17, 15) is 9.59 Å². The monoisotopic (exact) mass is 285 g/mol. The minimum atomic E-state index is -0.982. The zero-order valence-electron chi connectivity index (χ0n) is 11.6. The fourth-order valence-corrected chi connectivity index (χ4v) is 2.13. The van der Waals surface area contributed by atoms with Crippen molar-refractivity contribution in [3.63, 3.8) is 0 Å². The smallest absolute Gasteiger partial charge is 0.317 e. The SMILES string of the molecule is C#CCN(CC(=O)O)Cc1nc2c(C)cccc2c(=O)[nH]1. The van der Waals surface area contributed by atoms with Crippen LogP contribution < -0.4 is 5.56 Å². The number of nitrogens with zero attached hydrogens (tertiary/aromatic N) is 2. The van der Waals surface area contributed by atoms with Crippen molar-refractivity contribution in [1.82, 2.24) is 14.9 Å². The van der Waals surface area contributed by atoms with Crippen LogP contribution in [0, 0.1) is 19.3 Å². The molecule has 0 spiro atoms. The predicted molar refractivity (Wildman–Crippen MR) is 78.8 cm³/mol. The summed E-state index contributed by atoms with van der Waals surface area (Å²) in [5.41, 5.74) is 1.27. The molecule has 6 nitrogen and oxygen atoms in total. The normalized spacial score (nSPS) is 10.7. The van der Waals surface area contributed by atoms with Gasteiger partial charge in [0.1, 0.15) is 5.82 Å². The molecular formula is C15H15N3O3. The molecule has 21 heavy (non-hydrogen) atoms. The van der Waals surface area contributed by atoms with E-state index in [4.69, 9.17) is 11.5 Å². The Morgan fingerprint density at radius 2 is 2.29 bits per heavy atom. The summed E-state index contributed by atoms with van der Waals surface area (Å²) in [5.74, 6) is 1.82. The number of nitrogens with one attached hydrogen (secondary N) is 1. The number of carbonyl (C=O) groups is 1. The molecule has 0 unspecified atom stereocenters. The van der Waals surface area contributed by atoms with Gasteiger partial charge in [-0.05, 0) is 18.6 Å². The molecule has 0 amide bonds. The molecule has 0 aliphatic rings. The number of rotatable bonds is 5. The van der Waals surface area contributed by atoms with Gasteiger partial charge in [0, 0.05) is 0 Å². The summed E-state index contributed by atoms with van der Waals surface area (Å²) in [5, 5.41) is 9.37. The van der Waals surface area contributed by atoms with E-state index in [1.165, 1.54) is 4.90 Å². The van der Waals surface area contributed by atoms with Crippen molar-refractivity contribution < 1.29 is 9.90 Å². The largest absolute Gasteiger partial charge is 0.480 e. The van der Waals surface area contributed by atoms with Crippen LogP contribution in [0.3, 0.4) is 0 Å². The molecule has 1 aromatic heterocycles. The third-order valence-electron chi connectivity index (χ3n) is 3.03. The van der Waals surface area contributed by atoms with Crippen molar-refractivity contribution in [2.45, 2.75) is 13.5 Å². The van der Waals surface area contributed by atoms with Crippen molar-refractivity contribution in [3.05, 3.63) is 39.9 Å². The molecule has 6 heteroatoms. The molecule has 0 radical (unpaired) electrons.